The van der Waals surface area contributed by atoms with Crippen molar-refractivity contribution >= 4 is 21.8 Å². The average molecular weight is 485 g/mol. The molecule has 2 N–H and O–H groups in total. The van der Waals surface area contributed by atoms with E-state index in [2.05, 4.69) is 19.8 Å². The third kappa shape index (κ3) is 9.36. The Kier molecular flexibility index (Phi) is 8.43. The van der Waals surface area contributed by atoms with Crippen LogP contribution in [0.2, 0.25) is 0 Å². The van der Waals surface area contributed by atoms with E-state index in [9.17, 15) is 13.2 Å². The fraction of sp³-hybridized carbons (Fsp3) is 0.682. The molecule has 2 saturated heterocycles. The Labute approximate surface area is 196 Å². The number of morpholine rings is 2. The van der Waals surface area contributed by atoms with Crippen molar-refractivity contribution < 1.29 is 27.4 Å². The second-order valence-electron chi connectivity index (χ2n) is 9.57. The van der Waals surface area contributed by atoms with Gasteiger partial charge in [0.1, 0.15) is 18.0 Å². The number of anilines is 1. The normalized spacial score (nSPS) is 21.9. The Balaban J connectivity index is 1.34. The summed E-state index contributed by atoms with van der Waals surface area (Å²) in [6, 6.07) is 6.87. The molecular weight excluding hydrogens is 448 g/mol. The third-order valence-electron chi connectivity index (χ3n) is 5.16. The van der Waals surface area contributed by atoms with Crippen LogP contribution in [0, 0.1) is 0 Å². The molecule has 33 heavy (non-hydrogen) atoms. The Bertz CT molecular complexity index is 873. The number of carbonyl (C=O) groups is 1. The molecule has 0 radical (unpaired) electrons. The first kappa shape index (κ1) is 25.5. The van der Waals surface area contributed by atoms with Crippen molar-refractivity contribution in [2.24, 2.45) is 0 Å². The van der Waals surface area contributed by atoms with Crippen LogP contribution in [0.1, 0.15) is 20.8 Å². The van der Waals surface area contributed by atoms with E-state index in [0.29, 0.717) is 24.6 Å². The quantitative estimate of drug-likeness (QED) is 0.541. The highest BCUT2D eigenvalue weighted by molar-refractivity contribution is 7.92. The summed E-state index contributed by atoms with van der Waals surface area (Å²) in [6.45, 7) is 11.5. The topological polar surface area (TPSA) is 109 Å². The minimum absolute atomic E-state index is 0.139. The molecule has 2 fully saturated rings. The molecule has 2 atom stereocenters. The maximum absolute atomic E-state index is 11.8. The summed E-state index contributed by atoms with van der Waals surface area (Å²) in [4.78, 5) is 16.5. The fourth-order valence-corrected chi connectivity index (χ4v) is 4.55. The molecule has 2 aliphatic heterocycles. The molecule has 1 amide bonds. The zero-order valence-electron chi connectivity index (χ0n) is 19.9. The molecule has 0 aliphatic carbocycles. The van der Waals surface area contributed by atoms with Gasteiger partial charge in [0.2, 0.25) is 10.0 Å². The molecule has 0 spiro atoms. The van der Waals surface area contributed by atoms with Crippen molar-refractivity contribution in [3.8, 4) is 5.75 Å². The Morgan fingerprint density at radius 3 is 2.18 bits per heavy atom. The minimum atomic E-state index is -3.29. The maximum Gasteiger partial charge on any atom is 0.407 e. The number of nitrogens with zero attached hydrogens (tertiary/aromatic N) is 2. The highest BCUT2D eigenvalue weighted by Gasteiger charge is 2.34. The fourth-order valence-electron chi connectivity index (χ4n) is 3.98. The van der Waals surface area contributed by atoms with E-state index in [4.69, 9.17) is 14.2 Å². The van der Waals surface area contributed by atoms with E-state index in [-0.39, 0.29) is 18.3 Å². The lowest BCUT2D eigenvalue weighted by Crippen LogP contribution is -2.60. The Hall–Kier alpha value is -2.08. The van der Waals surface area contributed by atoms with Crippen LogP contribution in [0.4, 0.5) is 10.5 Å². The van der Waals surface area contributed by atoms with E-state index in [1.807, 2.05) is 20.8 Å². The highest BCUT2D eigenvalue weighted by atomic mass is 32.2. The van der Waals surface area contributed by atoms with Crippen LogP contribution in [0.15, 0.2) is 24.3 Å². The van der Waals surface area contributed by atoms with Gasteiger partial charge in [0.05, 0.1) is 18.5 Å². The van der Waals surface area contributed by atoms with Crippen LogP contribution >= 0.6 is 0 Å². The molecule has 186 valence electrons. The van der Waals surface area contributed by atoms with Crippen LogP contribution < -0.4 is 14.8 Å². The first-order chi connectivity index (χ1) is 15.4. The van der Waals surface area contributed by atoms with Gasteiger partial charge in [-0.3, -0.25) is 14.5 Å². The maximum atomic E-state index is 11.8. The number of benzene rings is 1. The number of sulfonamides is 1. The van der Waals surface area contributed by atoms with Gasteiger partial charge in [-0.05, 0) is 45.0 Å². The van der Waals surface area contributed by atoms with E-state index in [0.717, 1.165) is 45.5 Å². The molecule has 0 aromatic heterocycles. The van der Waals surface area contributed by atoms with Crippen molar-refractivity contribution in [3.63, 3.8) is 0 Å². The number of rotatable bonds is 9. The van der Waals surface area contributed by atoms with Gasteiger partial charge in [-0.25, -0.2) is 13.2 Å². The number of hydrogen-bond donors (Lipinski definition) is 2. The number of nitrogens with one attached hydrogen (secondary N) is 2. The number of carbonyl (C=O) groups excluding carboxylic acids is 1. The second-order valence-corrected chi connectivity index (χ2v) is 11.3. The van der Waals surface area contributed by atoms with Crippen LogP contribution in [-0.2, 0) is 19.5 Å². The van der Waals surface area contributed by atoms with Crippen LogP contribution in [0.5, 0.6) is 5.75 Å². The van der Waals surface area contributed by atoms with E-state index in [1.165, 1.54) is 0 Å². The molecule has 2 heterocycles. The monoisotopic (exact) mass is 484 g/mol. The summed E-state index contributed by atoms with van der Waals surface area (Å²) in [5, 5.41) is 2.81. The number of fused-ring (bicyclic) bond motifs is 2. The number of amides is 1. The van der Waals surface area contributed by atoms with E-state index in [1.54, 1.807) is 24.3 Å². The SMILES string of the molecule is CC(C)(C)OC(=O)NCCN1CC2CN(CCOc3ccc(NS(C)(=O)=O)cc3)CC(C1)O2. The van der Waals surface area contributed by atoms with Crippen molar-refractivity contribution in [2.75, 3.05) is 63.4 Å². The molecule has 0 saturated carbocycles. The summed E-state index contributed by atoms with van der Waals surface area (Å²) in [7, 11) is -3.29. The van der Waals surface area contributed by atoms with Gasteiger partial charge >= 0.3 is 6.09 Å². The predicted molar refractivity (Wildman–Crippen MR) is 126 cm³/mol. The lowest BCUT2D eigenvalue weighted by molar-refractivity contribution is -0.138. The van der Waals surface area contributed by atoms with Crippen molar-refractivity contribution in [2.45, 2.75) is 38.6 Å². The first-order valence-electron chi connectivity index (χ1n) is 11.2. The molecule has 2 bridgehead atoms. The molecule has 11 heteroatoms. The number of hydrogen-bond acceptors (Lipinski definition) is 8. The summed E-state index contributed by atoms with van der Waals surface area (Å²) in [5.41, 5.74) is 0.0169. The Morgan fingerprint density at radius 2 is 1.64 bits per heavy atom. The van der Waals surface area contributed by atoms with Crippen LogP contribution in [-0.4, -0.2) is 101 Å². The van der Waals surface area contributed by atoms with Gasteiger partial charge in [-0.2, -0.15) is 0 Å². The molecule has 2 aliphatic rings. The molecular formula is C22H36N4O6S. The zero-order valence-corrected chi connectivity index (χ0v) is 20.7. The largest absolute Gasteiger partial charge is 0.492 e. The molecule has 2 unspecified atom stereocenters. The first-order valence-corrected chi connectivity index (χ1v) is 13.1. The lowest BCUT2D eigenvalue weighted by atomic mass is 10.1. The van der Waals surface area contributed by atoms with Gasteiger partial charge in [0.15, 0.2) is 0 Å². The van der Waals surface area contributed by atoms with Crippen molar-refractivity contribution in [3.05, 3.63) is 24.3 Å². The average Bonchev–Trinajstić information content (AvgIpc) is 2.66. The van der Waals surface area contributed by atoms with Gasteiger partial charge in [0.25, 0.3) is 0 Å². The van der Waals surface area contributed by atoms with Crippen LogP contribution in [0.3, 0.4) is 0 Å². The number of ether oxygens (including phenoxy) is 3. The Morgan fingerprint density at radius 1 is 1.06 bits per heavy atom. The van der Waals surface area contributed by atoms with Gasteiger partial charge in [0, 0.05) is 51.5 Å². The molecule has 1 aromatic rings. The van der Waals surface area contributed by atoms with Gasteiger partial charge < -0.3 is 19.5 Å². The zero-order chi connectivity index (χ0) is 24.1. The molecule has 3 rings (SSSR count). The van der Waals surface area contributed by atoms with Gasteiger partial charge in [-0.1, -0.05) is 0 Å². The van der Waals surface area contributed by atoms with E-state index >= 15 is 0 Å². The van der Waals surface area contributed by atoms with Crippen molar-refractivity contribution in [1.82, 2.24) is 15.1 Å². The minimum Gasteiger partial charge on any atom is -0.492 e. The highest BCUT2D eigenvalue weighted by Crippen LogP contribution is 2.20. The predicted octanol–water partition coefficient (Wildman–Crippen LogP) is 1.35. The molecule has 10 nitrogen and oxygen atoms in total. The summed E-state index contributed by atoms with van der Waals surface area (Å²) >= 11 is 0. The summed E-state index contributed by atoms with van der Waals surface area (Å²) in [5.74, 6) is 0.700. The van der Waals surface area contributed by atoms with E-state index < -0.39 is 15.6 Å². The van der Waals surface area contributed by atoms with Gasteiger partial charge in [-0.15, -0.1) is 0 Å². The second kappa shape index (κ2) is 10.9. The molecule has 1 aromatic carbocycles. The third-order valence-corrected chi connectivity index (χ3v) is 5.77. The van der Waals surface area contributed by atoms with Crippen molar-refractivity contribution in [1.29, 1.82) is 0 Å². The summed E-state index contributed by atoms with van der Waals surface area (Å²) in [6.07, 6.45) is 1.01. The lowest BCUT2D eigenvalue weighted by Gasteiger charge is -2.45. The van der Waals surface area contributed by atoms with Crippen LogP contribution in [0.25, 0.3) is 0 Å². The summed E-state index contributed by atoms with van der Waals surface area (Å²) < 4.78 is 42.2. The number of alkyl carbamates (subject to hydrolysis) is 1. The standard InChI is InChI=1S/C22H36N4O6S/c1-22(2,3)32-21(27)23-9-10-25-13-19-15-26(16-20(14-25)31-19)11-12-30-18-7-5-17(6-8-18)24-33(4,28)29/h5-8,19-20,24H,9-16H2,1-4H3,(H,23,27). The smallest absolute Gasteiger partial charge is 0.407 e.